The summed E-state index contributed by atoms with van der Waals surface area (Å²) in [5, 5.41) is 0. The molecule has 0 saturated carbocycles. The predicted octanol–water partition coefficient (Wildman–Crippen LogP) is 4.37. The molecule has 2 aromatic rings. The molecule has 2 saturated heterocycles. The van der Waals surface area contributed by atoms with Crippen LogP contribution in [0.15, 0.2) is 24.3 Å². The minimum atomic E-state index is -0.641. The number of fused-ring (bicyclic) bond motifs is 6. The third-order valence-electron chi connectivity index (χ3n) is 5.42. The van der Waals surface area contributed by atoms with E-state index in [0.29, 0.717) is 24.3 Å². The molecule has 4 heterocycles. The first kappa shape index (κ1) is 17.8. The maximum absolute atomic E-state index is 13.2. The van der Waals surface area contributed by atoms with Gasteiger partial charge < -0.3 is 18.9 Å². The van der Waals surface area contributed by atoms with Crippen LogP contribution in [0.5, 0.6) is 11.5 Å². The van der Waals surface area contributed by atoms with Crippen molar-refractivity contribution in [3.8, 4) is 11.5 Å². The van der Waals surface area contributed by atoms with Crippen LogP contribution in [0.4, 0.5) is 17.6 Å². The van der Waals surface area contributed by atoms with Crippen molar-refractivity contribution in [2.45, 2.75) is 37.3 Å². The van der Waals surface area contributed by atoms with Gasteiger partial charge in [-0.05, 0) is 25.0 Å². The molecule has 0 amide bonds. The van der Waals surface area contributed by atoms with Gasteiger partial charge in [0, 0.05) is 23.3 Å². The fourth-order valence-corrected chi connectivity index (χ4v) is 4.16. The predicted molar refractivity (Wildman–Crippen MR) is 88.2 cm³/mol. The van der Waals surface area contributed by atoms with E-state index in [2.05, 4.69) is 0 Å². The Labute approximate surface area is 158 Å². The van der Waals surface area contributed by atoms with E-state index in [1.807, 2.05) is 0 Å². The van der Waals surface area contributed by atoms with Gasteiger partial charge in [0.2, 0.25) is 12.6 Å². The van der Waals surface area contributed by atoms with Gasteiger partial charge in [0.15, 0.2) is 23.1 Å². The van der Waals surface area contributed by atoms with Gasteiger partial charge in [-0.15, -0.1) is 0 Å². The SMILES string of the molecule is Fc1cc(F)c2c(c1)[C@@H]1CCO[C@@H]1O2.Fc1cc(F)c2c(c1)[C@@H]1CCO[C@@H]1O2. The minimum Gasteiger partial charge on any atom is -0.461 e. The van der Waals surface area contributed by atoms with Crippen molar-refractivity contribution >= 4 is 0 Å². The lowest BCUT2D eigenvalue weighted by Crippen LogP contribution is -2.13. The van der Waals surface area contributed by atoms with Crippen molar-refractivity contribution < 1.29 is 36.5 Å². The lowest BCUT2D eigenvalue weighted by Gasteiger charge is -2.06. The zero-order valence-corrected chi connectivity index (χ0v) is 14.6. The standard InChI is InChI=1S/2C10H8F2O2/c2*11-5-3-7-6-1-2-13-10(6)14-9(7)8(12)4-5/h2*3-4,6,10H,1-2H2/t2*6-,10+/m00/s1. The molecule has 0 aromatic heterocycles. The lowest BCUT2D eigenvalue weighted by molar-refractivity contribution is -0.0356. The largest absolute Gasteiger partial charge is 0.461 e. The van der Waals surface area contributed by atoms with Crippen LogP contribution in [-0.2, 0) is 9.47 Å². The van der Waals surface area contributed by atoms with Crippen molar-refractivity contribution in [3.63, 3.8) is 0 Å². The van der Waals surface area contributed by atoms with Gasteiger partial charge in [-0.3, -0.25) is 0 Å². The summed E-state index contributed by atoms with van der Waals surface area (Å²) in [6.07, 6.45) is 0.698. The Morgan fingerprint density at radius 1 is 0.643 bits per heavy atom. The van der Waals surface area contributed by atoms with Crippen LogP contribution in [0.3, 0.4) is 0 Å². The Morgan fingerprint density at radius 2 is 1.07 bits per heavy atom. The average molecular weight is 396 g/mol. The summed E-state index contributed by atoms with van der Waals surface area (Å²) >= 11 is 0. The van der Waals surface area contributed by atoms with E-state index in [0.717, 1.165) is 25.0 Å². The van der Waals surface area contributed by atoms with Crippen molar-refractivity contribution in [1.82, 2.24) is 0 Å². The number of hydrogen-bond acceptors (Lipinski definition) is 4. The summed E-state index contributed by atoms with van der Waals surface area (Å²) in [5.41, 5.74) is 1.20. The second-order valence-electron chi connectivity index (χ2n) is 7.12. The molecule has 0 N–H and O–H groups in total. The van der Waals surface area contributed by atoms with E-state index in [1.165, 1.54) is 12.1 Å². The fourth-order valence-electron chi connectivity index (χ4n) is 4.16. The molecule has 0 unspecified atom stereocenters. The molecule has 8 heteroatoms. The minimum absolute atomic E-state index is 0.00444. The molecule has 2 fully saturated rings. The first-order valence-corrected chi connectivity index (χ1v) is 9.05. The Hall–Kier alpha value is -2.32. The van der Waals surface area contributed by atoms with Crippen LogP contribution >= 0.6 is 0 Å². The summed E-state index contributed by atoms with van der Waals surface area (Å²) in [6, 6.07) is 4.33. The van der Waals surface area contributed by atoms with Crippen LogP contribution in [-0.4, -0.2) is 25.8 Å². The summed E-state index contributed by atoms with van der Waals surface area (Å²) < 4.78 is 73.4. The highest BCUT2D eigenvalue weighted by Crippen LogP contribution is 2.46. The highest BCUT2D eigenvalue weighted by Gasteiger charge is 2.42. The number of rotatable bonds is 0. The summed E-state index contributed by atoms with van der Waals surface area (Å²) in [7, 11) is 0. The fraction of sp³-hybridized carbons (Fsp3) is 0.400. The van der Waals surface area contributed by atoms with Gasteiger partial charge in [0.05, 0.1) is 25.0 Å². The van der Waals surface area contributed by atoms with Crippen molar-refractivity contribution in [1.29, 1.82) is 0 Å². The molecular formula is C20H16F4O4. The van der Waals surface area contributed by atoms with Crippen LogP contribution in [0.25, 0.3) is 0 Å². The first-order chi connectivity index (χ1) is 13.5. The van der Waals surface area contributed by atoms with E-state index in [1.54, 1.807) is 0 Å². The summed E-state index contributed by atoms with van der Waals surface area (Å²) in [5.74, 6) is -2.10. The maximum Gasteiger partial charge on any atom is 0.207 e. The Morgan fingerprint density at radius 3 is 1.50 bits per heavy atom. The van der Waals surface area contributed by atoms with Crippen LogP contribution in [0.2, 0.25) is 0 Å². The molecule has 28 heavy (non-hydrogen) atoms. The third kappa shape index (κ3) is 2.82. The Balaban J connectivity index is 0.000000122. The molecule has 4 nitrogen and oxygen atoms in total. The molecule has 148 valence electrons. The molecule has 0 bridgehead atoms. The molecule has 0 radical (unpaired) electrons. The summed E-state index contributed by atoms with van der Waals surface area (Å²) in [6.45, 7) is 1.18. The number of benzene rings is 2. The normalized spacial score (nSPS) is 28.4. The highest BCUT2D eigenvalue weighted by atomic mass is 19.1. The van der Waals surface area contributed by atoms with Gasteiger partial charge in [0.1, 0.15) is 11.6 Å². The Bertz CT molecular complexity index is 859. The first-order valence-electron chi connectivity index (χ1n) is 9.05. The van der Waals surface area contributed by atoms with Gasteiger partial charge in [0.25, 0.3) is 0 Å². The van der Waals surface area contributed by atoms with Gasteiger partial charge in [-0.2, -0.15) is 0 Å². The summed E-state index contributed by atoms with van der Waals surface area (Å²) in [4.78, 5) is 0. The van der Waals surface area contributed by atoms with E-state index in [4.69, 9.17) is 18.9 Å². The molecule has 2 aromatic carbocycles. The molecular weight excluding hydrogens is 380 g/mol. The molecule has 6 rings (SSSR count). The molecule has 4 atom stereocenters. The van der Waals surface area contributed by atoms with E-state index < -0.39 is 35.8 Å². The smallest absolute Gasteiger partial charge is 0.207 e. The second-order valence-corrected chi connectivity index (χ2v) is 7.12. The van der Waals surface area contributed by atoms with Crippen molar-refractivity contribution in [2.75, 3.05) is 13.2 Å². The number of halogens is 4. The number of hydrogen-bond donors (Lipinski definition) is 0. The lowest BCUT2D eigenvalue weighted by atomic mass is 9.98. The molecule has 0 spiro atoms. The van der Waals surface area contributed by atoms with Gasteiger partial charge >= 0.3 is 0 Å². The molecule has 4 aliphatic rings. The van der Waals surface area contributed by atoms with E-state index >= 15 is 0 Å². The highest BCUT2D eigenvalue weighted by molar-refractivity contribution is 5.43. The number of ether oxygens (including phenoxy) is 4. The van der Waals surface area contributed by atoms with Crippen molar-refractivity contribution in [3.05, 3.63) is 58.7 Å². The quantitative estimate of drug-likeness (QED) is 0.620. The third-order valence-corrected chi connectivity index (χ3v) is 5.42. The zero-order valence-electron chi connectivity index (χ0n) is 14.6. The maximum atomic E-state index is 13.2. The van der Waals surface area contributed by atoms with Crippen LogP contribution in [0.1, 0.15) is 35.8 Å². The van der Waals surface area contributed by atoms with Gasteiger partial charge in [-0.25, -0.2) is 17.6 Å². The van der Waals surface area contributed by atoms with E-state index in [9.17, 15) is 17.6 Å². The van der Waals surface area contributed by atoms with Crippen molar-refractivity contribution in [2.24, 2.45) is 0 Å². The Kier molecular flexibility index (Phi) is 4.21. The average Bonchev–Trinajstić information content (AvgIpc) is 3.37. The van der Waals surface area contributed by atoms with E-state index in [-0.39, 0.29) is 23.3 Å². The molecule has 0 aliphatic carbocycles. The monoisotopic (exact) mass is 396 g/mol. The van der Waals surface area contributed by atoms with Crippen LogP contribution < -0.4 is 9.47 Å². The van der Waals surface area contributed by atoms with Gasteiger partial charge in [-0.1, -0.05) is 0 Å². The zero-order chi connectivity index (χ0) is 19.4. The topological polar surface area (TPSA) is 36.9 Å². The van der Waals surface area contributed by atoms with Crippen LogP contribution in [0, 0.1) is 23.3 Å². The second kappa shape index (κ2) is 6.63. The molecule has 4 aliphatic heterocycles.